The molecular formula is C15H17NO2S2. The molecule has 1 heterocycles. The van der Waals surface area contributed by atoms with Crippen LogP contribution in [0.5, 0.6) is 0 Å². The molecule has 1 aliphatic rings. The second-order valence-corrected chi connectivity index (χ2v) is 8.21. The van der Waals surface area contributed by atoms with Gasteiger partial charge < -0.3 is 0 Å². The molecule has 1 aromatic carbocycles. The van der Waals surface area contributed by atoms with E-state index in [1.54, 1.807) is 6.07 Å². The number of aryl methyl sites for hydroxylation is 1. The zero-order chi connectivity index (χ0) is 14.2. The Bertz CT molecular complexity index is 700. The Balaban J connectivity index is 1.87. The Hall–Kier alpha value is -1.17. The molecule has 2 aromatic rings. The minimum atomic E-state index is -3.42. The third kappa shape index (κ3) is 2.53. The van der Waals surface area contributed by atoms with Gasteiger partial charge in [0, 0.05) is 4.88 Å². The van der Waals surface area contributed by atoms with Crippen LogP contribution in [0.3, 0.4) is 0 Å². The first-order valence-corrected chi connectivity index (χ1v) is 9.04. The van der Waals surface area contributed by atoms with Crippen molar-refractivity contribution in [3.63, 3.8) is 0 Å². The quantitative estimate of drug-likeness (QED) is 0.921. The zero-order valence-corrected chi connectivity index (χ0v) is 12.9. The number of rotatable bonds is 5. The van der Waals surface area contributed by atoms with E-state index < -0.39 is 15.6 Å². The van der Waals surface area contributed by atoms with E-state index in [-0.39, 0.29) is 0 Å². The Kier molecular flexibility index (Phi) is 3.44. The minimum Gasteiger partial charge on any atom is -0.206 e. The van der Waals surface area contributed by atoms with Crippen molar-refractivity contribution in [1.29, 1.82) is 0 Å². The maximum Gasteiger partial charge on any atom is 0.250 e. The largest absolute Gasteiger partial charge is 0.250 e. The van der Waals surface area contributed by atoms with Crippen LogP contribution in [-0.4, -0.2) is 8.42 Å². The van der Waals surface area contributed by atoms with Crippen LogP contribution < -0.4 is 4.72 Å². The van der Waals surface area contributed by atoms with E-state index in [0.29, 0.717) is 4.21 Å². The highest BCUT2D eigenvalue weighted by molar-refractivity contribution is 7.91. The summed E-state index contributed by atoms with van der Waals surface area (Å²) in [4.78, 5) is 1.09. The highest BCUT2D eigenvalue weighted by Gasteiger charge is 2.47. The first kappa shape index (κ1) is 13.8. The summed E-state index contributed by atoms with van der Waals surface area (Å²) < 4.78 is 28.3. The Morgan fingerprint density at radius 1 is 1.15 bits per heavy atom. The van der Waals surface area contributed by atoms with Crippen LogP contribution in [0.2, 0.25) is 0 Å². The van der Waals surface area contributed by atoms with Crippen LogP contribution in [0.4, 0.5) is 0 Å². The Labute approximate surface area is 123 Å². The summed E-state index contributed by atoms with van der Waals surface area (Å²) in [6.07, 6.45) is 2.59. The molecule has 0 unspecified atom stereocenters. The van der Waals surface area contributed by atoms with Crippen molar-refractivity contribution in [2.45, 2.75) is 35.9 Å². The van der Waals surface area contributed by atoms with Crippen molar-refractivity contribution in [2.75, 3.05) is 0 Å². The van der Waals surface area contributed by atoms with Gasteiger partial charge in [0.1, 0.15) is 4.21 Å². The van der Waals surface area contributed by atoms with Crippen molar-refractivity contribution in [3.05, 3.63) is 52.9 Å². The van der Waals surface area contributed by atoms with E-state index in [1.165, 1.54) is 11.3 Å². The maximum atomic E-state index is 12.5. The monoisotopic (exact) mass is 307 g/mol. The molecule has 5 heteroatoms. The van der Waals surface area contributed by atoms with E-state index in [1.807, 2.05) is 43.3 Å². The number of nitrogens with one attached hydrogen (secondary N) is 1. The van der Waals surface area contributed by atoms with Gasteiger partial charge in [0.25, 0.3) is 10.0 Å². The van der Waals surface area contributed by atoms with E-state index >= 15 is 0 Å². The lowest BCUT2D eigenvalue weighted by molar-refractivity contribution is 0.553. The van der Waals surface area contributed by atoms with Gasteiger partial charge in [-0.3, -0.25) is 0 Å². The molecule has 0 atom stereocenters. The molecule has 20 heavy (non-hydrogen) atoms. The van der Waals surface area contributed by atoms with Gasteiger partial charge in [-0.05, 0) is 37.0 Å². The third-order valence-corrected chi connectivity index (χ3v) is 6.91. The SMILES string of the molecule is CCc1ccc(S(=O)(=O)NC2(c3ccccc3)CC2)s1. The van der Waals surface area contributed by atoms with Crippen molar-refractivity contribution in [3.8, 4) is 0 Å². The van der Waals surface area contributed by atoms with Crippen molar-refractivity contribution in [2.24, 2.45) is 0 Å². The third-order valence-electron chi connectivity index (χ3n) is 3.66. The highest BCUT2D eigenvalue weighted by atomic mass is 32.2. The van der Waals surface area contributed by atoms with Crippen LogP contribution in [0, 0.1) is 0 Å². The molecule has 0 saturated heterocycles. The molecule has 3 rings (SSSR count). The molecule has 106 valence electrons. The van der Waals surface area contributed by atoms with Crippen molar-refractivity contribution in [1.82, 2.24) is 4.72 Å². The first-order chi connectivity index (χ1) is 9.56. The maximum absolute atomic E-state index is 12.5. The van der Waals surface area contributed by atoms with Crippen LogP contribution in [0.25, 0.3) is 0 Å². The average molecular weight is 307 g/mol. The molecule has 0 aliphatic heterocycles. The van der Waals surface area contributed by atoms with Crippen LogP contribution in [0.1, 0.15) is 30.2 Å². The summed E-state index contributed by atoms with van der Waals surface area (Å²) in [6.45, 7) is 2.03. The van der Waals surface area contributed by atoms with Gasteiger partial charge in [-0.25, -0.2) is 8.42 Å². The van der Waals surface area contributed by atoms with Crippen molar-refractivity contribution >= 4 is 21.4 Å². The molecule has 0 amide bonds. The molecule has 1 aliphatic carbocycles. The summed E-state index contributed by atoms with van der Waals surface area (Å²) >= 11 is 1.35. The van der Waals surface area contributed by atoms with E-state index in [2.05, 4.69) is 4.72 Å². The molecule has 0 bridgehead atoms. The normalized spacial score (nSPS) is 17.1. The number of hydrogen-bond donors (Lipinski definition) is 1. The zero-order valence-electron chi connectivity index (χ0n) is 11.3. The van der Waals surface area contributed by atoms with E-state index in [4.69, 9.17) is 0 Å². The molecule has 1 fully saturated rings. The second kappa shape index (κ2) is 4.98. The molecule has 1 N–H and O–H groups in total. The minimum absolute atomic E-state index is 0.392. The lowest BCUT2D eigenvalue weighted by Gasteiger charge is -2.17. The van der Waals surface area contributed by atoms with Crippen LogP contribution >= 0.6 is 11.3 Å². The second-order valence-electron chi connectivity index (χ2n) is 5.13. The summed E-state index contributed by atoms with van der Waals surface area (Å²) in [5, 5.41) is 0. The molecular weight excluding hydrogens is 290 g/mol. The number of thiophene rings is 1. The van der Waals surface area contributed by atoms with E-state index in [0.717, 1.165) is 29.7 Å². The van der Waals surface area contributed by atoms with Gasteiger partial charge in [-0.15, -0.1) is 11.3 Å². The number of benzene rings is 1. The topological polar surface area (TPSA) is 46.2 Å². The number of hydrogen-bond acceptors (Lipinski definition) is 3. The van der Waals surface area contributed by atoms with E-state index in [9.17, 15) is 8.42 Å². The fourth-order valence-electron chi connectivity index (χ4n) is 2.33. The molecule has 3 nitrogen and oxygen atoms in total. The molecule has 1 saturated carbocycles. The van der Waals surface area contributed by atoms with Crippen LogP contribution in [-0.2, 0) is 22.0 Å². The summed E-state index contributed by atoms with van der Waals surface area (Å²) in [6, 6.07) is 13.4. The lowest BCUT2D eigenvalue weighted by Crippen LogP contribution is -2.34. The molecule has 1 aromatic heterocycles. The predicted octanol–water partition coefficient (Wildman–Crippen LogP) is 3.28. The van der Waals surface area contributed by atoms with Gasteiger partial charge in [-0.2, -0.15) is 4.72 Å². The Morgan fingerprint density at radius 3 is 2.40 bits per heavy atom. The predicted molar refractivity (Wildman–Crippen MR) is 81.4 cm³/mol. The lowest BCUT2D eigenvalue weighted by atomic mass is 10.1. The first-order valence-electron chi connectivity index (χ1n) is 6.74. The van der Waals surface area contributed by atoms with Gasteiger partial charge in [0.15, 0.2) is 0 Å². The van der Waals surface area contributed by atoms with Crippen molar-refractivity contribution < 1.29 is 8.42 Å². The fourth-order valence-corrected chi connectivity index (χ4v) is 5.08. The van der Waals surface area contributed by atoms with Crippen LogP contribution in [0.15, 0.2) is 46.7 Å². The summed E-state index contributed by atoms with van der Waals surface area (Å²) in [7, 11) is -3.42. The van der Waals surface area contributed by atoms with Gasteiger partial charge in [-0.1, -0.05) is 37.3 Å². The van der Waals surface area contributed by atoms with Gasteiger partial charge >= 0.3 is 0 Å². The highest BCUT2D eigenvalue weighted by Crippen LogP contribution is 2.46. The molecule has 0 spiro atoms. The number of sulfonamides is 1. The van der Waals surface area contributed by atoms with Gasteiger partial charge in [0.2, 0.25) is 0 Å². The smallest absolute Gasteiger partial charge is 0.206 e. The fraction of sp³-hybridized carbons (Fsp3) is 0.333. The standard InChI is InChI=1S/C15H17NO2S2/c1-2-13-8-9-14(19-13)20(17,18)16-15(10-11-15)12-6-4-3-5-7-12/h3-9,16H,2,10-11H2,1H3. The Morgan fingerprint density at radius 2 is 1.85 bits per heavy atom. The summed E-state index contributed by atoms with van der Waals surface area (Å²) in [5.74, 6) is 0. The summed E-state index contributed by atoms with van der Waals surface area (Å²) in [5.41, 5.74) is 0.659. The molecule has 0 radical (unpaired) electrons. The average Bonchev–Trinajstić information content (AvgIpc) is 3.05. The van der Waals surface area contributed by atoms with Gasteiger partial charge in [0.05, 0.1) is 5.54 Å².